The van der Waals surface area contributed by atoms with E-state index >= 15 is 8.78 Å². The Morgan fingerprint density at radius 3 is 2.76 bits per heavy atom. The van der Waals surface area contributed by atoms with Crippen molar-refractivity contribution in [2.75, 3.05) is 13.7 Å². The number of esters is 1. The second kappa shape index (κ2) is 14.7. The van der Waals surface area contributed by atoms with E-state index in [-0.39, 0.29) is 24.6 Å². The van der Waals surface area contributed by atoms with Crippen LogP contribution in [-0.2, 0) is 23.8 Å². The molecule has 0 aromatic carbocycles. The number of rotatable bonds is 14. The summed E-state index contributed by atoms with van der Waals surface area (Å²) in [6.07, 6.45) is 8.92. The number of hydrogen-bond acceptors (Lipinski definition) is 6. The molecular weight excluding hydrogens is 446 g/mol. The summed E-state index contributed by atoms with van der Waals surface area (Å²) in [6, 6.07) is 0. The number of ether oxygens (including phenoxy) is 3. The molecule has 0 amide bonds. The van der Waals surface area contributed by atoms with Crippen LogP contribution < -0.4 is 0 Å². The zero-order chi connectivity index (χ0) is 25.0. The number of unbranched alkanes of at least 4 members (excludes halogenated alkanes) is 2. The molecule has 0 radical (unpaired) electrons. The summed E-state index contributed by atoms with van der Waals surface area (Å²) in [6.45, 7) is 2.45. The topological polar surface area (TPSA) is 82.1 Å². The zero-order valence-electron chi connectivity index (χ0n) is 20.4. The Hall–Kier alpha value is -1.64. The standard InChI is InChI=1S/C26H40F2O6/c1-3-4-12-23(34-25-14-9-10-17-33-25)26(27,28)16-15-20-19(21(29)18-22(20)30)11-7-5-6-8-13-24(31)32-2/h5,7,15-16,19-21,23,25,29H,3-4,6,8-14,17-18H2,1-2H3/t19-,20+,21-,23?,25?/m1/s1. The van der Waals surface area contributed by atoms with Crippen molar-refractivity contribution in [2.24, 2.45) is 11.8 Å². The number of halogens is 2. The van der Waals surface area contributed by atoms with Gasteiger partial charge in [0, 0.05) is 31.3 Å². The lowest BCUT2D eigenvalue weighted by Crippen LogP contribution is -2.39. The van der Waals surface area contributed by atoms with Gasteiger partial charge in [0.1, 0.15) is 11.9 Å². The van der Waals surface area contributed by atoms with E-state index in [4.69, 9.17) is 9.47 Å². The van der Waals surface area contributed by atoms with E-state index in [1.807, 2.05) is 19.1 Å². The molecule has 2 unspecified atom stereocenters. The molecule has 0 bridgehead atoms. The van der Waals surface area contributed by atoms with Crippen molar-refractivity contribution in [3.05, 3.63) is 24.3 Å². The number of ketones is 1. The van der Waals surface area contributed by atoms with Gasteiger partial charge in [0.2, 0.25) is 0 Å². The number of alkyl halides is 2. The molecule has 1 saturated carbocycles. The van der Waals surface area contributed by atoms with Gasteiger partial charge in [0.05, 0.1) is 13.2 Å². The van der Waals surface area contributed by atoms with Crippen LogP contribution in [-0.4, -0.2) is 55.0 Å². The number of carbonyl (C=O) groups excluding carboxylic acids is 2. The van der Waals surface area contributed by atoms with Crippen molar-refractivity contribution < 1.29 is 37.7 Å². The highest BCUT2D eigenvalue weighted by molar-refractivity contribution is 5.86. The predicted octanol–water partition coefficient (Wildman–Crippen LogP) is 5.14. The average molecular weight is 487 g/mol. The number of allylic oxidation sites excluding steroid dienone is 3. The fourth-order valence-corrected chi connectivity index (χ4v) is 4.44. The van der Waals surface area contributed by atoms with Crippen molar-refractivity contribution in [1.29, 1.82) is 0 Å². The van der Waals surface area contributed by atoms with Crippen LogP contribution in [0.15, 0.2) is 24.3 Å². The van der Waals surface area contributed by atoms with Crippen LogP contribution in [0.4, 0.5) is 8.78 Å². The van der Waals surface area contributed by atoms with Crippen LogP contribution in [0.3, 0.4) is 0 Å². The minimum absolute atomic E-state index is 0.0346. The molecule has 5 atom stereocenters. The minimum atomic E-state index is -3.25. The van der Waals surface area contributed by atoms with Gasteiger partial charge in [-0.2, -0.15) is 8.78 Å². The number of Topliss-reactive ketones (excluding diaryl/α,β-unsaturated/α-hetero) is 1. The first-order chi connectivity index (χ1) is 16.3. The summed E-state index contributed by atoms with van der Waals surface area (Å²) < 4.78 is 46.1. The van der Waals surface area contributed by atoms with E-state index in [0.717, 1.165) is 25.3 Å². The second-order valence-corrected chi connectivity index (χ2v) is 9.20. The van der Waals surface area contributed by atoms with E-state index in [1.165, 1.54) is 13.2 Å². The number of methoxy groups -OCH3 is 1. The molecule has 6 nitrogen and oxygen atoms in total. The highest BCUT2D eigenvalue weighted by atomic mass is 19.3. The van der Waals surface area contributed by atoms with Gasteiger partial charge in [-0.3, -0.25) is 9.59 Å². The molecule has 1 heterocycles. The van der Waals surface area contributed by atoms with Gasteiger partial charge in [-0.15, -0.1) is 0 Å². The number of aliphatic hydroxyl groups is 1. The first-order valence-corrected chi connectivity index (χ1v) is 12.5. The van der Waals surface area contributed by atoms with Gasteiger partial charge in [-0.25, -0.2) is 0 Å². The fourth-order valence-electron chi connectivity index (χ4n) is 4.44. The minimum Gasteiger partial charge on any atom is -0.469 e. The summed E-state index contributed by atoms with van der Waals surface area (Å²) in [5.74, 6) is -4.97. The van der Waals surface area contributed by atoms with Crippen molar-refractivity contribution in [1.82, 2.24) is 0 Å². The molecule has 2 rings (SSSR count). The molecule has 0 aromatic rings. The lowest BCUT2D eigenvalue weighted by molar-refractivity contribution is -0.229. The van der Waals surface area contributed by atoms with Crippen molar-refractivity contribution in [3.63, 3.8) is 0 Å². The van der Waals surface area contributed by atoms with E-state index in [1.54, 1.807) is 0 Å². The largest absolute Gasteiger partial charge is 0.469 e. The molecule has 8 heteroatoms. The van der Waals surface area contributed by atoms with Crippen LogP contribution in [0, 0.1) is 11.8 Å². The summed E-state index contributed by atoms with van der Waals surface area (Å²) in [4.78, 5) is 23.6. The molecule has 1 N–H and O–H groups in total. The van der Waals surface area contributed by atoms with Gasteiger partial charge in [0.15, 0.2) is 6.29 Å². The quantitative estimate of drug-likeness (QED) is 0.208. The van der Waals surface area contributed by atoms with E-state index in [0.29, 0.717) is 45.1 Å². The highest BCUT2D eigenvalue weighted by Gasteiger charge is 2.43. The molecule has 2 fully saturated rings. The summed E-state index contributed by atoms with van der Waals surface area (Å²) in [5, 5.41) is 10.3. The van der Waals surface area contributed by atoms with Crippen LogP contribution in [0.25, 0.3) is 0 Å². The van der Waals surface area contributed by atoms with Gasteiger partial charge in [-0.1, -0.05) is 38.0 Å². The zero-order valence-corrected chi connectivity index (χ0v) is 20.4. The smallest absolute Gasteiger partial charge is 0.305 e. The average Bonchev–Trinajstić information content (AvgIpc) is 3.09. The lowest BCUT2D eigenvalue weighted by Gasteiger charge is -2.31. The Balaban J connectivity index is 1.99. The van der Waals surface area contributed by atoms with Gasteiger partial charge in [0.25, 0.3) is 5.92 Å². The maximum absolute atomic E-state index is 15.2. The summed E-state index contributed by atoms with van der Waals surface area (Å²) in [5.41, 5.74) is 0. The van der Waals surface area contributed by atoms with Crippen LogP contribution in [0.2, 0.25) is 0 Å². The Kier molecular flexibility index (Phi) is 12.4. The molecule has 0 aromatic heterocycles. The third-order valence-electron chi connectivity index (χ3n) is 6.52. The van der Waals surface area contributed by atoms with E-state index < -0.39 is 36.3 Å². The maximum Gasteiger partial charge on any atom is 0.305 e. The molecule has 194 valence electrons. The third kappa shape index (κ3) is 9.19. The Morgan fingerprint density at radius 2 is 2.09 bits per heavy atom. The van der Waals surface area contributed by atoms with Crippen LogP contribution in [0.5, 0.6) is 0 Å². The molecule has 0 spiro atoms. The third-order valence-corrected chi connectivity index (χ3v) is 6.52. The number of aliphatic hydroxyl groups excluding tert-OH is 1. The molecule has 1 aliphatic heterocycles. The predicted molar refractivity (Wildman–Crippen MR) is 124 cm³/mol. The second-order valence-electron chi connectivity index (χ2n) is 9.20. The maximum atomic E-state index is 15.2. The molecule has 1 saturated heterocycles. The molecule has 2 aliphatic rings. The van der Waals surface area contributed by atoms with Gasteiger partial charge >= 0.3 is 5.97 Å². The fraction of sp³-hybridized carbons (Fsp3) is 0.769. The van der Waals surface area contributed by atoms with Crippen LogP contribution in [0.1, 0.15) is 77.6 Å². The number of carbonyl (C=O) groups is 2. The lowest BCUT2D eigenvalue weighted by atomic mass is 9.89. The van der Waals surface area contributed by atoms with Gasteiger partial charge < -0.3 is 19.3 Å². The van der Waals surface area contributed by atoms with Gasteiger partial charge in [-0.05, 0) is 51.0 Å². The Labute approximate surface area is 201 Å². The number of hydrogen-bond donors (Lipinski definition) is 1. The molecular formula is C26H40F2O6. The van der Waals surface area contributed by atoms with Crippen LogP contribution >= 0.6 is 0 Å². The van der Waals surface area contributed by atoms with Crippen molar-refractivity contribution >= 4 is 11.8 Å². The summed E-state index contributed by atoms with van der Waals surface area (Å²) in [7, 11) is 1.34. The van der Waals surface area contributed by atoms with E-state index in [9.17, 15) is 14.7 Å². The molecule has 1 aliphatic carbocycles. The highest BCUT2D eigenvalue weighted by Crippen LogP contribution is 2.36. The Bertz CT molecular complexity index is 687. The summed E-state index contributed by atoms with van der Waals surface area (Å²) >= 11 is 0. The SMILES string of the molecule is CCCCC(OC1CCCCO1)C(F)(F)C=C[C@@H]1C(=O)C[C@@H](O)[C@@H]1CC=CCCCC(=O)OC. The molecule has 34 heavy (non-hydrogen) atoms. The van der Waals surface area contributed by atoms with Crippen molar-refractivity contribution in [3.8, 4) is 0 Å². The Morgan fingerprint density at radius 1 is 1.29 bits per heavy atom. The first-order valence-electron chi connectivity index (χ1n) is 12.5. The first kappa shape index (κ1) is 28.6. The van der Waals surface area contributed by atoms with Crippen molar-refractivity contribution in [2.45, 2.75) is 102 Å². The van der Waals surface area contributed by atoms with E-state index in [2.05, 4.69) is 4.74 Å². The monoisotopic (exact) mass is 486 g/mol. The normalized spacial score (nSPS) is 27.0.